The topological polar surface area (TPSA) is 24.9 Å². The molecule has 1 aromatic carbocycles. The van der Waals surface area contributed by atoms with Gasteiger partial charge in [0.25, 0.3) is 0 Å². The molecule has 18 heavy (non-hydrogen) atoms. The van der Waals surface area contributed by atoms with Crippen molar-refractivity contribution in [3.63, 3.8) is 0 Å². The summed E-state index contributed by atoms with van der Waals surface area (Å²) >= 11 is 5.85. The summed E-state index contributed by atoms with van der Waals surface area (Å²) in [6.45, 7) is 2.47. The van der Waals surface area contributed by atoms with Crippen molar-refractivity contribution in [1.82, 2.24) is 10.3 Å². The van der Waals surface area contributed by atoms with Gasteiger partial charge in [-0.3, -0.25) is 4.98 Å². The van der Waals surface area contributed by atoms with Gasteiger partial charge in [0.15, 0.2) is 0 Å². The van der Waals surface area contributed by atoms with Gasteiger partial charge in [-0.25, -0.2) is 4.39 Å². The van der Waals surface area contributed by atoms with Gasteiger partial charge in [-0.1, -0.05) is 11.6 Å². The number of nitrogens with one attached hydrogen (secondary N) is 1. The first-order valence-corrected chi connectivity index (χ1v) is 6.12. The summed E-state index contributed by atoms with van der Waals surface area (Å²) in [5.41, 5.74) is 1.69. The Morgan fingerprint density at radius 3 is 2.72 bits per heavy atom. The van der Waals surface area contributed by atoms with Crippen LogP contribution in [0.4, 0.5) is 4.39 Å². The van der Waals surface area contributed by atoms with E-state index in [9.17, 15) is 4.39 Å². The minimum atomic E-state index is -0.242. The molecule has 0 saturated carbocycles. The smallest absolute Gasteiger partial charge is 0.127 e. The summed E-state index contributed by atoms with van der Waals surface area (Å²) < 4.78 is 13.5. The Morgan fingerprint density at radius 1 is 1.28 bits per heavy atom. The fourth-order valence-electron chi connectivity index (χ4n) is 1.71. The zero-order chi connectivity index (χ0) is 13.0. The summed E-state index contributed by atoms with van der Waals surface area (Å²) in [6, 6.07) is 8.58. The van der Waals surface area contributed by atoms with Crippen molar-refractivity contribution in [2.75, 3.05) is 0 Å². The Balaban J connectivity index is 2.01. The van der Waals surface area contributed by atoms with Crippen molar-refractivity contribution in [3.8, 4) is 0 Å². The lowest BCUT2D eigenvalue weighted by atomic mass is 10.1. The second kappa shape index (κ2) is 5.94. The first-order valence-electron chi connectivity index (χ1n) is 5.74. The summed E-state index contributed by atoms with van der Waals surface area (Å²) in [6.07, 6.45) is 3.49. The molecule has 1 N–H and O–H groups in total. The van der Waals surface area contributed by atoms with Crippen LogP contribution in [0.3, 0.4) is 0 Å². The average Bonchev–Trinajstić information content (AvgIpc) is 2.40. The van der Waals surface area contributed by atoms with Crippen LogP contribution in [0, 0.1) is 5.82 Å². The lowest BCUT2D eigenvalue weighted by molar-refractivity contribution is 0.544. The van der Waals surface area contributed by atoms with Gasteiger partial charge in [-0.2, -0.15) is 0 Å². The molecule has 2 aromatic rings. The number of halogens is 2. The van der Waals surface area contributed by atoms with Crippen LogP contribution in [0.5, 0.6) is 0 Å². The first-order chi connectivity index (χ1) is 8.66. The molecule has 1 atom stereocenters. The van der Waals surface area contributed by atoms with E-state index in [1.807, 2.05) is 19.1 Å². The van der Waals surface area contributed by atoms with Crippen LogP contribution in [0.2, 0.25) is 5.02 Å². The lowest BCUT2D eigenvalue weighted by Crippen LogP contribution is -2.18. The third kappa shape index (κ3) is 3.28. The fourth-order valence-corrected chi connectivity index (χ4v) is 1.91. The highest BCUT2D eigenvalue weighted by molar-refractivity contribution is 6.30. The predicted molar refractivity (Wildman–Crippen MR) is 70.9 cm³/mol. The molecule has 2 nitrogen and oxygen atoms in total. The van der Waals surface area contributed by atoms with Crippen molar-refractivity contribution < 1.29 is 4.39 Å². The third-order valence-corrected chi connectivity index (χ3v) is 3.05. The van der Waals surface area contributed by atoms with E-state index in [-0.39, 0.29) is 11.9 Å². The Morgan fingerprint density at radius 2 is 2.00 bits per heavy atom. The molecule has 0 aliphatic carbocycles. The number of pyridine rings is 1. The van der Waals surface area contributed by atoms with Crippen molar-refractivity contribution in [2.45, 2.75) is 19.5 Å². The number of aromatic nitrogens is 1. The Hall–Kier alpha value is -1.45. The molecule has 0 unspecified atom stereocenters. The quantitative estimate of drug-likeness (QED) is 0.910. The van der Waals surface area contributed by atoms with E-state index in [1.54, 1.807) is 24.5 Å². The number of benzene rings is 1. The SMILES string of the molecule is C[C@@H](NCc1cc(Cl)ccc1F)c1ccncc1. The van der Waals surface area contributed by atoms with Crippen molar-refractivity contribution in [1.29, 1.82) is 0 Å². The lowest BCUT2D eigenvalue weighted by Gasteiger charge is -2.14. The summed E-state index contributed by atoms with van der Waals surface area (Å²) in [5, 5.41) is 3.80. The highest BCUT2D eigenvalue weighted by atomic mass is 35.5. The highest BCUT2D eigenvalue weighted by Gasteiger charge is 2.07. The van der Waals surface area contributed by atoms with Gasteiger partial charge >= 0.3 is 0 Å². The predicted octanol–water partition coefficient (Wildman–Crippen LogP) is 3.72. The van der Waals surface area contributed by atoms with Gasteiger partial charge in [-0.05, 0) is 42.8 Å². The van der Waals surface area contributed by atoms with Crippen LogP contribution in [0.1, 0.15) is 24.1 Å². The number of hydrogen-bond acceptors (Lipinski definition) is 2. The Kier molecular flexibility index (Phi) is 4.28. The highest BCUT2D eigenvalue weighted by Crippen LogP contribution is 2.16. The summed E-state index contributed by atoms with van der Waals surface area (Å²) in [7, 11) is 0. The maximum absolute atomic E-state index is 13.5. The first kappa shape index (κ1) is 13.0. The van der Waals surface area contributed by atoms with Gasteiger partial charge in [-0.15, -0.1) is 0 Å². The molecule has 0 aliphatic rings. The molecule has 1 aromatic heterocycles. The minimum absolute atomic E-state index is 0.131. The monoisotopic (exact) mass is 264 g/mol. The molecule has 94 valence electrons. The van der Waals surface area contributed by atoms with E-state index in [2.05, 4.69) is 10.3 Å². The zero-order valence-electron chi connectivity index (χ0n) is 10.0. The molecule has 4 heteroatoms. The Bertz CT molecular complexity index is 516. The van der Waals surface area contributed by atoms with Gasteiger partial charge in [0, 0.05) is 35.6 Å². The van der Waals surface area contributed by atoms with Gasteiger partial charge in [0.05, 0.1) is 0 Å². The molecular weight excluding hydrogens is 251 g/mol. The van der Waals surface area contributed by atoms with E-state index in [1.165, 1.54) is 6.07 Å². The van der Waals surface area contributed by atoms with Crippen LogP contribution < -0.4 is 5.32 Å². The number of hydrogen-bond donors (Lipinski definition) is 1. The molecule has 0 fully saturated rings. The third-order valence-electron chi connectivity index (χ3n) is 2.81. The molecule has 0 saturated heterocycles. The largest absolute Gasteiger partial charge is 0.306 e. The fraction of sp³-hybridized carbons (Fsp3) is 0.214. The van der Waals surface area contributed by atoms with E-state index in [4.69, 9.17) is 11.6 Å². The van der Waals surface area contributed by atoms with Crippen molar-refractivity contribution in [2.24, 2.45) is 0 Å². The maximum Gasteiger partial charge on any atom is 0.127 e. The standard InChI is InChI=1S/C14H14ClFN2/c1-10(11-4-6-17-7-5-11)18-9-12-8-13(15)2-3-14(12)16/h2-8,10,18H,9H2,1H3/t10-/m1/s1. The molecule has 0 spiro atoms. The summed E-state index contributed by atoms with van der Waals surface area (Å²) in [4.78, 5) is 3.97. The van der Waals surface area contributed by atoms with Crippen LogP contribution in [-0.2, 0) is 6.54 Å². The van der Waals surface area contributed by atoms with Crippen molar-refractivity contribution in [3.05, 3.63) is 64.7 Å². The van der Waals surface area contributed by atoms with Gasteiger partial charge in [0.1, 0.15) is 5.82 Å². The zero-order valence-corrected chi connectivity index (χ0v) is 10.8. The van der Waals surface area contributed by atoms with Gasteiger partial charge < -0.3 is 5.32 Å². The van der Waals surface area contributed by atoms with Crippen LogP contribution in [-0.4, -0.2) is 4.98 Å². The molecule has 0 aliphatic heterocycles. The van der Waals surface area contributed by atoms with E-state index >= 15 is 0 Å². The van der Waals surface area contributed by atoms with Crippen LogP contribution in [0.15, 0.2) is 42.7 Å². The van der Waals surface area contributed by atoms with Crippen molar-refractivity contribution >= 4 is 11.6 Å². The molecule has 0 amide bonds. The van der Waals surface area contributed by atoms with E-state index < -0.39 is 0 Å². The Labute approximate surface area is 111 Å². The van der Waals surface area contributed by atoms with Crippen LogP contribution >= 0.6 is 11.6 Å². The molecule has 2 rings (SSSR count). The maximum atomic E-state index is 13.5. The average molecular weight is 265 g/mol. The molecule has 1 heterocycles. The van der Waals surface area contributed by atoms with Crippen LogP contribution in [0.25, 0.3) is 0 Å². The summed E-state index contributed by atoms with van der Waals surface area (Å²) in [5.74, 6) is -0.242. The van der Waals surface area contributed by atoms with E-state index in [0.717, 1.165) is 5.56 Å². The molecular formula is C14H14ClFN2. The second-order valence-electron chi connectivity index (χ2n) is 4.12. The van der Waals surface area contributed by atoms with Gasteiger partial charge in [0.2, 0.25) is 0 Å². The minimum Gasteiger partial charge on any atom is -0.306 e. The van der Waals surface area contributed by atoms with E-state index in [0.29, 0.717) is 17.1 Å². The normalized spacial score (nSPS) is 12.4. The number of rotatable bonds is 4. The molecule has 0 bridgehead atoms. The number of nitrogens with zero attached hydrogens (tertiary/aromatic N) is 1. The second-order valence-corrected chi connectivity index (χ2v) is 4.56. The molecule has 0 radical (unpaired) electrons.